The zero-order valence-corrected chi connectivity index (χ0v) is 11.3. The number of aromatic nitrogens is 3. The first-order valence-corrected chi connectivity index (χ1v) is 6.38. The van der Waals surface area contributed by atoms with Crippen LogP contribution in [0.5, 0.6) is 0 Å². The fourth-order valence-electron chi connectivity index (χ4n) is 1.80. The van der Waals surface area contributed by atoms with Crippen molar-refractivity contribution in [2.75, 3.05) is 5.32 Å². The van der Waals surface area contributed by atoms with E-state index in [4.69, 9.17) is 0 Å². The van der Waals surface area contributed by atoms with Crippen LogP contribution in [0.15, 0.2) is 47.2 Å². The number of benzene rings is 2. The van der Waals surface area contributed by atoms with E-state index in [0.29, 0.717) is 0 Å². The van der Waals surface area contributed by atoms with Crippen molar-refractivity contribution in [2.24, 2.45) is 0 Å². The van der Waals surface area contributed by atoms with E-state index in [9.17, 15) is 4.79 Å². The first-order valence-electron chi connectivity index (χ1n) is 5.58. The third-order valence-electron chi connectivity index (χ3n) is 2.69. The Labute approximate surface area is 117 Å². The van der Waals surface area contributed by atoms with Gasteiger partial charge < -0.3 is 5.32 Å². The van der Waals surface area contributed by atoms with Gasteiger partial charge in [0, 0.05) is 10.2 Å². The molecule has 0 aliphatic heterocycles. The van der Waals surface area contributed by atoms with Gasteiger partial charge in [0.05, 0.1) is 0 Å². The first kappa shape index (κ1) is 11.9. The van der Waals surface area contributed by atoms with Crippen LogP contribution in [0.1, 0.15) is 10.6 Å². The van der Waals surface area contributed by atoms with Crippen molar-refractivity contribution in [1.29, 1.82) is 0 Å². The SMILES string of the molecule is O=C(Nc1ccc2cc(Br)ccc2c1)c1ncn[nH]1. The van der Waals surface area contributed by atoms with Crippen molar-refractivity contribution in [3.63, 3.8) is 0 Å². The maximum Gasteiger partial charge on any atom is 0.292 e. The molecule has 0 aliphatic rings. The molecule has 1 amide bonds. The van der Waals surface area contributed by atoms with E-state index in [1.807, 2.05) is 36.4 Å². The monoisotopic (exact) mass is 316 g/mol. The van der Waals surface area contributed by atoms with E-state index < -0.39 is 0 Å². The molecule has 1 heterocycles. The predicted molar refractivity (Wildman–Crippen MR) is 76.0 cm³/mol. The largest absolute Gasteiger partial charge is 0.319 e. The number of hydrogen-bond donors (Lipinski definition) is 2. The lowest BCUT2D eigenvalue weighted by molar-refractivity contribution is 0.101. The number of anilines is 1. The van der Waals surface area contributed by atoms with Crippen LogP contribution in [0.3, 0.4) is 0 Å². The predicted octanol–water partition coefficient (Wildman–Crippen LogP) is 2.97. The highest BCUT2D eigenvalue weighted by molar-refractivity contribution is 9.10. The Morgan fingerprint density at radius 2 is 1.95 bits per heavy atom. The summed E-state index contributed by atoms with van der Waals surface area (Å²) in [4.78, 5) is 15.6. The fourth-order valence-corrected chi connectivity index (χ4v) is 2.18. The summed E-state index contributed by atoms with van der Waals surface area (Å²) >= 11 is 3.43. The van der Waals surface area contributed by atoms with Gasteiger partial charge in [-0.2, -0.15) is 5.10 Å². The van der Waals surface area contributed by atoms with Crippen molar-refractivity contribution in [3.8, 4) is 0 Å². The molecule has 3 aromatic rings. The zero-order chi connectivity index (χ0) is 13.2. The summed E-state index contributed by atoms with van der Waals surface area (Å²) in [7, 11) is 0. The quantitative estimate of drug-likeness (QED) is 0.763. The molecule has 19 heavy (non-hydrogen) atoms. The topological polar surface area (TPSA) is 70.7 Å². The highest BCUT2D eigenvalue weighted by atomic mass is 79.9. The summed E-state index contributed by atoms with van der Waals surface area (Å²) in [5, 5.41) is 11.1. The van der Waals surface area contributed by atoms with Crippen LogP contribution in [-0.4, -0.2) is 21.1 Å². The number of halogens is 1. The van der Waals surface area contributed by atoms with Crippen LogP contribution in [0.2, 0.25) is 0 Å². The van der Waals surface area contributed by atoms with Gasteiger partial charge in [-0.25, -0.2) is 4.98 Å². The van der Waals surface area contributed by atoms with Gasteiger partial charge in [0.2, 0.25) is 5.82 Å². The van der Waals surface area contributed by atoms with Crippen molar-refractivity contribution < 1.29 is 4.79 Å². The Balaban J connectivity index is 1.89. The first-order chi connectivity index (χ1) is 9.22. The number of rotatable bonds is 2. The molecule has 94 valence electrons. The molecule has 0 spiro atoms. The van der Waals surface area contributed by atoms with Crippen LogP contribution in [0.25, 0.3) is 10.8 Å². The summed E-state index contributed by atoms with van der Waals surface area (Å²) in [6.07, 6.45) is 1.30. The smallest absolute Gasteiger partial charge is 0.292 e. The summed E-state index contributed by atoms with van der Waals surface area (Å²) < 4.78 is 1.03. The van der Waals surface area contributed by atoms with Gasteiger partial charge in [0.15, 0.2) is 0 Å². The van der Waals surface area contributed by atoms with Gasteiger partial charge >= 0.3 is 0 Å². The Morgan fingerprint density at radius 1 is 1.16 bits per heavy atom. The van der Waals surface area contributed by atoms with Gasteiger partial charge in [-0.05, 0) is 35.0 Å². The van der Waals surface area contributed by atoms with Gasteiger partial charge in [-0.3, -0.25) is 9.89 Å². The van der Waals surface area contributed by atoms with Crippen LogP contribution < -0.4 is 5.32 Å². The van der Waals surface area contributed by atoms with Crippen LogP contribution >= 0.6 is 15.9 Å². The van der Waals surface area contributed by atoms with Crippen LogP contribution in [0, 0.1) is 0 Å². The number of fused-ring (bicyclic) bond motifs is 1. The molecule has 0 saturated heterocycles. The maximum absolute atomic E-state index is 11.8. The van der Waals surface area contributed by atoms with Crippen LogP contribution in [-0.2, 0) is 0 Å². The molecule has 2 N–H and O–H groups in total. The normalized spacial score (nSPS) is 10.6. The third kappa shape index (κ3) is 2.48. The van der Waals surface area contributed by atoms with Gasteiger partial charge in [0.1, 0.15) is 6.33 Å². The molecule has 6 heteroatoms. The Bertz CT molecular complexity index is 739. The molecule has 0 fully saturated rings. The molecule has 3 rings (SSSR count). The number of hydrogen-bond acceptors (Lipinski definition) is 3. The maximum atomic E-state index is 11.8. The number of amides is 1. The van der Waals surface area contributed by atoms with E-state index in [2.05, 4.69) is 36.4 Å². The average Bonchev–Trinajstić information content (AvgIpc) is 2.93. The Hall–Kier alpha value is -2.21. The van der Waals surface area contributed by atoms with Crippen molar-refractivity contribution in [1.82, 2.24) is 15.2 Å². The van der Waals surface area contributed by atoms with Crippen LogP contribution in [0.4, 0.5) is 5.69 Å². The number of nitrogens with zero attached hydrogens (tertiary/aromatic N) is 2. The highest BCUT2D eigenvalue weighted by Crippen LogP contribution is 2.23. The second kappa shape index (κ2) is 4.81. The minimum absolute atomic E-state index is 0.191. The van der Waals surface area contributed by atoms with E-state index in [-0.39, 0.29) is 11.7 Å². The van der Waals surface area contributed by atoms with Crippen molar-refractivity contribution in [3.05, 3.63) is 53.0 Å². The Kier molecular flexibility index (Phi) is 3.00. The molecule has 1 aromatic heterocycles. The lowest BCUT2D eigenvalue weighted by atomic mass is 10.1. The molecule has 5 nitrogen and oxygen atoms in total. The summed E-state index contributed by atoms with van der Waals surface area (Å²) in [5.41, 5.74) is 0.719. The second-order valence-electron chi connectivity index (χ2n) is 3.99. The molecular weight excluding hydrogens is 308 g/mol. The van der Waals surface area contributed by atoms with Gasteiger partial charge in [0.25, 0.3) is 5.91 Å². The second-order valence-corrected chi connectivity index (χ2v) is 4.91. The van der Waals surface area contributed by atoms with Gasteiger partial charge in [-0.15, -0.1) is 0 Å². The van der Waals surface area contributed by atoms with E-state index in [1.54, 1.807) is 0 Å². The summed E-state index contributed by atoms with van der Waals surface area (Å²) in [6.45, 7) is 0. The number of carbonyl (C=O) groups excluding carboxylic acids is 1. The van der Waals surface area contributed by atoms with E-state index in [1.165, 1.54) is 6.33 Å². The summed E-state index contributed by atoms with van der Waals surface area (Å²) in [6, 6.07) is 11.7. The minimum atomic E-state index is -0.311. The standard InChI is InChI=1S/C13H9BrN4O/c14-10-3-1-9-6-11(4-2-8(9)5-10)17-13(19)12-15-7-16-18-12/h1-7H,(H,17,19)(H,15,16,18). The average molecular weight is 317 g/mol. The van der Waals surface area contributed by atoms with Gasteiger partial charge in [-0.1, -0.05) is 28.1 Å². The molecule has 0 radical (unpaired) electrons. The number of aromatic amines is 1. The lowest BCUT2D eigenvalue weighted by Gasteiger charge is -2.05. The third-order valence-corrected chi connectivity index (χ3v) is 3.18. The lowest BCUT2D eigenvalue weighted by Crippen LogP contribution is -2.13. The molecule has 2 aromatic carbocycles. The fraction of sp³-hybridized carbons (Fsp3) is 0. The van der Waals surface area contributed by atoms with Crippen molar-refractivity contribution >= 4 is 38.3 Å². The van der Waals surface area contributed by atoms with E-state index >= 15 is 0 Å². The molecule has 0 saturated carbocycles. The highest BCUT2D eigenvalue weighted by Gasteiger charge is 2.08. The zero-order valence-electron chi connectivity index (χ0n) is 9.72. The van der Waals surface area contributed by atoms with Crippen molar-refractivity contribution in [2.45, 2.75) is 0 Å². The molecule has 0 bridgehead atoms. The molecular formula is C13H9BrN4O. The number of H-pyrrole nitrogens is 1. The Morgan fingerprint density at radius 3 is 2.74 bits per heavy atom. The number of nitrogens with one attached hydrogen (secondary N) is 2. The summed E-state index contributed by atoms with van der Waals surface area (Å²) in [5.74, 6) is -0.120. The molecule has 0 aliphatic carbocycles. The minimum Gasteiger partial charge on any atom is -0.319 e. The molecule has 0 unspecified atom stereocenters. The number of carbonyl (C=O) groups is 1. The molecule has 0 atom stereocenters. The van der Waals surface area contributed by atoms with E-state index in [0.717, 1.165) is 20.9 Å².